The van der Waals surface area contributed by atoms with E-state index in [1.807, 2.05) is 43.6 Å². The van der Waals surface area contributed by atoms with E-state index in [0.29, 0.717) is 17.8 Å². The quantitative estimate of drug-likeness (QED) is 0.568. The van der Waals surface area contributed by atoms with Gasteiger partial charge in [0.2, 0.25) is 0 Å². The number of carbonyl (C=O) groups is 1. The van der Waals surface area contributed by atoms with Crippen molar-refractivity contribution in [3.05, 3.63) is 76.9 Å². The number of hydrogen-bond donors (Lipinski definition) is 1. The lowest BCUT2D eigenvalue weighted by Crippen LogP contribution is -2.25. The van der Waals surface area contributed by atoms with Crippen molar-refractivity contribution in [2.45, 2.75) is 45.7 Å². The maximum atomic E-state index is 12.7. The van der Waals surface area contributed by atoms with E-state index in [-0.39, 0.29) is 11.8 Å². The Hall–Kier alpha value is -3.39. The van der Waals surface area contributed by atoms with Crippen molar-refractivity contribution >= 4 is 5.91 Å². The third-order valence-corrected chi connectivity index (χ3v) is 5.95. The average Bonchev–Trinajstić information content (AvgIpc) is 3.31. The fourth-order valence-electron chi connectivity index (χ4n) is 4.06. The van der Waals surface area contributed by atoms with E-state index in [1.54, 1.807) is 13.3 Å². The SMILES string of the molecule is CCc1ncc(CN2CC[C@H](c3ncc(C(=O)NCc4cccc(OC)c4)c(C)n3)C2)cn1. The van der Waals surface area contributed by atoms with Gasteiger partial charge in [0.05, 0.1) is 18.4 Å². The van der Waals surface area contributed by atoms with Gasteiger partial charge >= 0.3 is 0 Å². The summed E-state index contributed by atoms with van der Waals surface area (Å²) in [5, 5.41) is 2.94. The molecule has 1 N–H and O–H groups in total. The molecular weight excluding hydrogens is 416 g/mol. The lowest BCUT2D eigenvalue weighted by molar-refractivity contribution is 0.0949. The Labute approximate surface area is 194 Å². The lowest BCUT2D eigenvalue weighted by Gasteiger charge is -2.16. The van der Waals surface area contributed by atoms with Crippen molar-refractivity contribution in [2.24, 2.45) is 0 Å². The number of aromatic nitrogens is 4. The average molecular weight is 447 g/mol. The highest BCUT2D eigenvalue weighted by atomic mass is 16.5. The van der Waals surface area contributed by atoms with Crippen LogP contribution < -0.4 is 10.1 Å². The van der Waals surface area contributed by atoms with E-state index in [4.69, 9.17) is 4.74 Å². The normalized spacial score (nSPS) is 16.0. The third-order valence-electron chi connectivity index (χ3n) is 5.95. The van der Waals surface area contributed by atoms with E-state index < -0.39 is 0 Å². The molecule has 8 heteroatoms. The number of amides is 1. The van der Waals surface area contributed by atoms with Crippen LogP contribution in [0.3, 0.4) is 0 Å². The molecule has 0 radical (unpaired) electrons. The summed E-state index contributed by atoms with van der Waals surface area (Å²) in [6, 6.07) is 7.64. The summed E-state index contributed by atoms with van der Waals surface area (Å²) in [5.74, 6) is 2.52. The summed E-state index contributed by atoms with van der Waals surface area (Å²) in [6.07, 6.45) is 7.32. The molecule has 0 spiro atoms. The maximum Gasteiger partial charge on any atom is 0.254 e. The van der Waals surface area contributed by atoms with Crippen LogP contribution in [0.5, 0.6) is 5.75 Å². The molecule has 8 nitrogen and oxygen atoms in total. The Morgan fingerprint density at radius 3 is 2.73 bits per heavy atom. The van der Waals surface area contributed by atoms with Gasteiger partial charge in [0.1, 0.15) is 17.4 Å². The zero-order valence-corrected chi connectivity index (χ0v) is 19.4. The summed E-state index contributed by atoms with van der Waals surface area (Å²) in [7, 11) is 1.63. The largest absolute Gasteiger partial charge is 0.497 e. The van der Waals surface area contributed by atoms with Gasteiger partial charge in [0, 0.05) is 56.1 Å². The van der Waals surface area contributed by atoms with Gasteiger partial charge in [-0.25, -0.2) is 19.9 Å². The van der Waals surface area contributed by atoms with Gasteiger partial charge in [-0.15, -0.1) is 0 Å². The number of hydrogen-bond acceptors (Lipinski definition) is 7. The number of nitrogens with one attached hydrogen (secondary N) is 1. The highest BCUT2D eigenvalue weighted by Gasteiger charge is 2.27. The Morgan fingerprint density at radius 1 is 1.18 bits per heavy atom. The van der Waals surface area contributed by atoms with Crippen LogP contribution in [0, 0.1) is 6.92 Å². The third kappa shape index (κ3) is 5.70. The molecule has 2 aromatic heterocycles. The van der Waals surface area contributed by atoms with E-state index in [0.717, 1.165) is 61.0 Å². The lowest BCUT2D eigenvalue weighted by atomic mass is 10.1. The summed E-state index contributed by atoms with van der Waals surface area (Å²) in [6.45, 7) is 7.02. The zero-order chi connectivity index (χ0) is 23.2. The molecule has 1 aliphatic rings. The molecule has 1 fully saturated rings. The van der Waals surface area contributed by atoms with E-state index in [2.05, 4.69) is 37.1 Å². The molecule has 0 unspecified atom stereocenters. The topological polar surface area (TPSA) is 93.1 Å². The minimum atomic E-state index is -0.176. The second-order valence-corrected chi connectivity index (χ2v) is 8.34. The number of rotatable bonds is 8. The minimum absolute atomic E-state index is 0.176. The molecular formula is C25H30N6O2. The number of aryl methyl sites for hydroxylation is 2. The fraction of sp³-hybridized carbons (Fsp3) is 0.400. The van der Waals surface area contributed by atoms with Gasteiger partial charge in [-0.05, 0) is 37.6 Å². The van der Waals surface area contributed by atoms with Crippen LogP contribution in [-0.2, 0) is 19.5 Å². The molecule has 3 aromatic rings. The number of methoxy groups -OCH3 is 1. The molecule has 1 aliphatic heterocycles. The first kappa shape index (κ1) is 22.8. The molecule has 1 aromatic carbocycles. The molecule has 1 amide bonds. The second-order valence-electron chi connectivity index (χ2n) is 8.34. The molecule has 172 valence electrons. The molecule has 1 saturated heterocycles. The number of carbonyl (C=O) groups excluding carboxylic acids is 1. The van der Waals surface area contributed by atoms with Crippen molar-refractivity contribution in [2.75, 3.05) is 20.2 Å². The first-order valence-corrected chi connectivity index (χ1v) is 11.3. The van der Waals surface area contributed by atoms with Gasteiger partial charge < -0.3 is 10.1 Å². The first-order valence-electron chi connectivity index (χ1n) is 11.3. The molecule has 0 saturated carbocycles. The summed E-state index contributed by atoms with van der Waals surface area (Å²) >= 11 is 0. The van der Waals surface area contributed by atoms with E-state index in [1.165, 1.54) is 0 Å². The summed E-state index contributed by atoms with van der Waals surface area (Å²) < 4.78 is 5.24. The van der Waals surface area contributed by atoms with E-state index in [9.17, 15) is 4.79 Å². The molecule has 3 heterocycles. The van der Waals surface area contributed by atoms with Gasteiger partial charge in [0.25, 0.3) is 5.91 Å². The fourth-order valence-corrected chi connectivity index (χ4v) is 4.06. The molecule has 0 aliphatic carbocycles. The van der Waals surface area contributed by atoms with Crippen LogP contribution in [0.4, 0.5) is 0 Å². The van der Waals surface area contributed by atoms with Crippen LogP contribution in [0.15, 0.2) is 42.9 Å². The van der Waals surface area contributed by atoms with Gasteiger partial charge in [-0.3, -0.25) is 9.69 Å². The number of likely N-dealkylation sites (tertiary alicyclic amines) is 1. The second kappa shape index (κ2) is 10.5. The predicted molar refractivity (Wildman–Crippen MR) is 125 cm³/mol. The van der Waals surface area contributed by atoms with Gasteiger partial charge in [0.15, 0.2) is 0 Å². The smallest absolute Gasteiger partial charge is 0.254 e. The number of nitrogens with zero attached hydrogens (tertiary/aromatic N) is 5. The first-order chi connectivity index (χ1) is 16.1. The zero-order valence-electron chi connectivity index (χ0n) is 19.4. The molecule has 1 atom stereocenters. The van der Waals surface area contributed by atoms with Gasteiger partial charge in [-0.1, -0.05) is 19.1 Å². The Kier molecular flexibility index (Phi) is 7.24. The molecule has 4 rings (SSSR count). The monoisotopic (exact) mass is 446 g/mol. The maximum absolute atomic E-state index is 12.7. The molecule has 33 heavy (non-hydrogen) atoms. The van der Waals surface area contributed by atoms with Crippen molar-refractivity contribution in [3.8, 4) is 5.75 Å². The van der Waals surface area contributed by atoms with Gasteiger partial charge in [-0.2, -0.15) is 0 Å². The van der Waals surface area contributed by atoms with Crippen LogP contribution in [0.1, 0.15) is 58.1 Å². The van der Waals surface area contributed by atoms with Crippen molar-refractivity contribution in [3.63, 3.8) is 0 Å². The Bertz CT molecular complexity index is 1100. The van der Waals surface area contributed by atoms with Crippen LogP contribution >= 0.6 is 0 Å². The highest BCUT2D eigenvalue weighted by molar-refractivity contribution is 5.94. The Morgan fingerprint density at radius 2 is 2.00 bits per heavy atom. The van der Waals surface area contributed by atoms with Crippen LogP contribution in [0.2, 0.25) is 0 Å². The molecule has 0 bridgehead atoms. The van der Waals surface area contributed by atoms with Crippen LogP contribution in [0.25, 0.3) is 0 Å². The Balaban J connectivity index is 1.34. The van der Waals surface area contributed by atoms with Crippen molar-refractivity contribution in [1.82, 2.24) is 30.2 Å². The predicted octanol–water partition coefficient (Wildman–Crippen LogP) is 3.07. The van der Waals surface area contributed by atoms with Crippen molar-refractivity contribution < 1.29 is 9.53 Å². The minimum Gasteiger partial charge on any atom is -0.497 e. The van der Waals surface area contributed by atoms with Crippen molar-refractivity contribution in [1.29, 1.82) is 0 Å². The number of benzene rings is 1. The standard InChI is InChI=1S/C25H30N6O2/c1-4-23-26-12-19(13-27-23)15-31-9-8-20(16-31)24-28-14-22(17(2)30-24)25(32)29-11-18-6-5-7-21(10-18)33-3/h5-7,10,12-14,20H,4,8-9,11,15-16H2,1-3H3,(H,29,32)/t20-/m0/s1. The summed E-state index contributed by atoms with van der Waals surface area (Å²) in [5.41, 5.74) is 3.29. The van der Waals surface area contributed by atoms with E-state index >= 15 is 0 Å². The number of ether oxygens (including phenoxy) is 1. The highest BCUT2D eigenvalue weighted by Crippen LogP contribution is 2.26. The summed E-state index contributed by atoms with van der Waals surface area (Å²) in [4.78, 5) is 33.1. The van der Waals surface area contributed by atoms with Crippen LogP contribution in [-0.4, -0.2) is 50.9 Å².